The zero-order valence-corrected chi connectivity index (χ0v) is 14.1. The van der Waals surface area contributed by atoms with Crippen molar-refractivity contribution in [2.75, 3.05) is 0 Å². The van der Waals surface area contributed by atoms with Crippen LogP contribution in [0.5, 0.6) is 0 Å². The lowest BCUT2D eigenvalue weighted by Gasteiger charge is -2.32. The van der Waals surface area contributed by atoms with Crippen LogP contribution in [0.2, 0.25) is 0 Å². The van der Waals surface area contributed by atoms with E-state index in [-0.39, 0.29) is 0 Å². The van der Waals surface area contributed by atoms with E-state index in [1.807, 2.05) is 27.7 Å². The van der Waals surface area contributed by atoms with Gasteiger partial charge >= 0.3 is 13.3 Å². The highest BCUT2D eigenvalue weighted by Crippen LogP contribution is 2.38. The molecule has 2 rings (SSSR count). The summed E-state index contributed by atoms with van der Waals surface area (Å²) in [5, 5.41) is 0. The quantitative estimate of drug-likeness (QED) is 0.699. The predicted octanol–water partition coefficient (Wildman–Crippen LogP) is 4.08. The first-order chi connectivity index (χ1) is 9.35. The molecule has 1 saturated heterocycles. The van der Waals surface area contributed by atoms with E-state index in [0.29, 0.717) is 15.5 Å². The van der Waals surface area contributed by atoms with E-state index >= 15 is 0 Å². The minimum atomic E-state index is -4.40. The van der Waals surface area contributed by atoms with Gasteiger partial charge in [-0.05, 0) is 57.8 Å². The van der Waals surface area contributed by atoms with Gasteiger partial charge in [-0.3, -0.25) is 0 Å². The highest BCUT2D eigenvalue weighted by molar-refractivity contribution is 9.10. The van der Waals surface area contributed by atoms with Crippen molar-refractivity contribution < 1.29 is 22.5 Å². The molecule has 0 saturated carbocycles. The SMILES string of the molecule is Cc1cc(C(F)(F)F)cc(B2OC(C)(C)C(C)(C)O2)c1Br. The molecular formula is C14H17BBrF3O2. The van der Waals surface area contributed by atoms with E-state index in [2.05, 4.69) is 15.9 Å². The van der Waals surface area contributed by atoms with Gasteiger partial charge in [0.05, 0.1) is 16.8 Å². The number of alkyl halides is 3. The van der Waals surface area contributed by atoms with Crippen molar-refractivity contribution in [2.45, 2.75) is 52.0 Å². The monoisotopic (exact) mass is 364 g/mol. The second-order valence-corrected chi connectivity index (χ2v) is 7.08. The molecule has 0 N–H and O–H groups in total. The van der Waals surface area contributed by atoms with Crippen LogP contribution in [0.1, 0.15) is 38.8 Å². The lowest BCUT2D eigenvalue weighted by molar-refractivity contribution is -0.137. The van der Waals surface area contributed by atoms with E-state index in [1.165, 1.54) is 0 Å². The molecule has 0 aromatic heterocycles. The van der Waals surface area contributed by atoms with Crippen LogP contribution in [-0.4, -0.2) is 18.3 Å². The summed E-state index contributed by atoms with van der Waals surface area (Å²) in [7, 11) is -0.828. The summed E-state index contributed by atoms with van der Waals surface area (Å²) >= 11 is 3.34. The van der Waals surface area contributed by atoms with Crippen molar-refractivity contribution in [3.8, 4) is 0 Å². The average molecular weight is 365 g/mol. The van der Waals surface area contributed by atoms with E-state index in [4.69, 9.17) is 9.31 Å². The Hall–Kier alpha value is -0.525. The van der Waals surface area contributed by atoms with Crippen LogP contribution in [-0.2, 0) is 15.5 Å². The Kier molecular flexibility index (Phi) is 4.01. The maximum absolute atomic E-state index is 13.0. The van der Waals surface area contributed by atoms with Gasteiger partial charge in [0, 0.05) is 4.47 Å². The van der Waals surface area contributed by atoms with Crippen molar-refractivity contribution in [1.29, 1.82) is 0 Å². The van der Waals surface area contributed by atoms with Crippen molar-refractivity contribution >= 4 is 28.5 Å². The molecule has 0 unspecified atom stereocenters. The molecule has 1 heterocycles. The fraction of sp³-hybridized carbons (Fsp3) is 0.571. The van der Waals surface area contributed by atoms with Crippen LogP contribution >= 0.6 is 15.9 Å². The standard InChI is InChI=1S/C14H17BBrF3O2/c1-8-6-9(14(17,18)19)7-10(11(8)16)15-20-12(2,3)13(4,5)21-15/h6-7H,1-5H3. The van der Waals surface area contributed by atoms with Gasteiger partial charge < -0.3 is 9.31 Å². The summed E-state index contributed by atoms with van der Waals surface area (Å²) in [5.41, 5.74) is -1.04. The Morgan fingerprint density at radius 1 is 1.05 bits per heavy atom. The van der Waals surface area contributed by atoms with Gasteiger partial charge in [-0.1, -0.05) is 15.9 Å². The minimum Gasteiger partial charge on any atom is -0.399 e. The maximum atomic E-state index is 13.0. The molecule has 2 nitrogen and oxygen atoms in total. The van der Waals surface area contributed by atoms with Crippen LogP contribution in [0.15, 0.2) is 16.6 Å². The predicted molar refractivity (Wildman–Crippen MR) is 79.6 cm³/mol. The third-order valence-corrected chi connectivity index (χ3v) is 5.20. The first-order valence-corrected chi connectivity index (χ1v) is 7.37. The summed E-state index contributed by atoms with van der Waals surface area (Å²) in [5.74, 6) is 0. The highest BCUT2D eigenvalue weighted by Gasteiger charge is 2.52. The molecule has 1 fully saturated rings. The molecule has 1 aromatic carbocycles. The molecule has 1 aliphatic rings. The first kappa shape index (κ1) is 16.8. The second-order valence-electron chi connectivity index (χ2n) is 6.28. The average Bonchev–Trinajstić information content (AvgIpc) is 2.50. The van der Waals surface area contributed by atoms with E-state index in [9.17, 15) is 13.2 Å². The van der Waals surface area contributed by atoms with Crippen molar-refractivity contribution in [3.05, 3.63) is 27.7 Å². The Labute approximate surface area is 131 Å². The van der Waals surface area contributed by atoms with Gasteiger partial charge in [0.25, 0.3) is 0 Å². The third-order valence-electron chi connectivity index (χ3n) is 4.12. The van der Waals surface area contributed by atoms with Crippen molar-refractivity contribution in [2.24, 2.45) is 0 Å². The van der Waals surface area contributed by atoms with Crippen LogP contribution in [0.25, 0.3) is 0 Å². The molecule has 0 amide bonds. The highest BCUT2D eigenvalue weighted by atomic mass is 79.9. The molecule has 21 heavy (non-hydrogen) atoms. The maximum Gasteiger partial charge on any atom is 0.496 e. The van der Waals surface area contributed by atoms with Gasteiger partial charge in [0.2, 0.25) is 0 Å². The van der Waals surface area contributed by atoms with Crippen LogP contribution < -0.4 is 5.46 Å². The van der Waals surface area contributed by atoms with E-state index < -0.39 is 30.1 Å². The summed E-state index contributed by atoms with van der Waals surface area (Å²) in [4.78, 5) is 0. The number of hydrogen-bond donors (Lipinski definition) is 0. The number of aryl methyl sites for hydroxylation is 1. The molecule has 0 spiro atoms. The lowest BCUT2D eigenvalue weighted by Crippen LogP contribution is -2.41. The fourth-order valence-electron chi connectivity index (χ4n) is 2.10. The molecule has 1 aliphatic heterocycles. The Morgan fingerprint density at radius 3 is 1.95 bits per heavy atom. The molecule has 0 aliphatic carbocycles. The third kappa shape index (κ3) is 3.01. The summed E-state index contributed by atoms with van der Waals surface area (Å²) in [6.07, 6.45) is -4.40. The first-order valence-electron chi connectivity index (χ1n) is 6.58. The summed E-state index contributed by atoms with van der Waals surface area (Å²) in [6, 6.07) is 2.19. The van der Waals surface area contributed by atoms with Crippen molar-refractivity contribution in [3.63, 3.8) is 0 Å². The Bertz CT molecular complexity index is 554. The Morgan fingerprint density at radius 2 is 1.52 bits per heavy atom. The number of benzene rings is 1. The summed E-state index contributed by atoms with van der Waals surface area (Å²) in [6.45, 7) is 9.07. The smallest absolute Gasteiger partial charge is 0.399 e. The topological polar surface area (TPSA) is 18.5 Å². The largest absolute Gasteiger partial charge is 0.496 e. The minimum absolute atomic E-state index is 0.362. The van der Waals surface area contributed by atoms with E-state index in [0.717, 1.165) is 12.1 Å². The van der Waals surface area contributed by atoms with Crippen LogP contribution in [0.3, 0.4) is 0 Å². The Balaban J connectivity index is 2.48. The molecule has 0 radical (unpaired) electrons. The normalized spacial score (nSPS) is 20.9. The molecule has 7 heteroatoms. The number of hydrogen-bond acceptors (Lipinski definition) is 2. The summed E-state index contributed by atoms with van der Waals surface area (Å²) < 4.78 is 51.2. The molecular weight excluding hydrogens is 348 g/mol. The lowest BCUT2D eigenvalue weighted by atomic mass is 9.77. The van der Waals surface area contributed by atoms with Crippen LogP contribution in [0.4, 0.5) is 13.2 Å². The molecule has 0 atom stereocenters. The van der Waals surface area contributed by atoms with Crippen molar-refractivity contribution in [1.82, 2.24) is 0 Å². The zero-order chi connectivity index (χ0) is 16.2. The zero-order valence-electron chi connectivity index (χ0n) is 12.6. The molecule has 116 valence electrons. The fourth-order valence-corrected chi connectivity index (χ4v) is 2.52. The van der Waals surface area contributed by atoms with Gasteiger partial charge in [-0.2, -0.15) is 13.2 Å². The number of rotatable bonds is 1. The van der Waals surface area contributed by atoms with Gasteiger partial charge in [0.15, 0.2) is 0 Å². The molecule has 0 bridgehead atoms. The van der Waals surface area contributed by atoms with Gasteiger partial charge in [0.1, 0.15) is 0 Å². The van der Waals surface area contributed by atoms with Gasteiger partial charge in [-0.15, -0.1) is 0 Å². The van der Waals surface area contributed by atoms with Gasteiger partial charge in [-0.25, -0.2) is 0 Å². The second kappa shape index (κ2) is 5.00. The van der Waals surface area contributed by atoms with Crippen LogP contribution in [0, 0.1) is 6.92 Å². The molecule has 1 aromatic rings. The number of halogens is 4. The van der Waals surface area contributed by atoms with E-state index in [1.54, 1.807) is 6.92 Å².